The molecule has 1 heterocycles. The van der Waals surface area contributed by atoms with Crippen LogP contribution in [0.25, 0.3) is 5.57 Å². The number of nitrogens with one attached hydrogen (secondary N) is 1. The van der Waals surface area contributed by atoms with E-state index < -0.39 is 46.8 Å². The van der Waals surface area contributed by atoms with Crippen molar-refractivity contribution >= 4 is 54.3 Å². The molecule has 2 aliphatic rings. The first kappa shape index (κ1) is 33.8. The van der Waals surface area contributed by atoms with Crippen molar-refractivity contribution in [2.24, 2.45) is 0 Å². The van der Waals surface area contributed by atoms with E-state index in [-0.39, 0.29) is 11.6 Å². The number of nitrogen functional groups attached to an aromatic ring is 1. The van der Waals surface area contributed by atoms with E-state index in [9.17, 15) is 34.8 Å². The Labute approximate surface area is 270 Å². The lowest BCUT2D eigenvalue weighted by Crippen LogP contribution is -2.47. The third-order valence-corrected chi connectivity index (χ3v) is 11.3. The smallest absolute Gasteiger partial charge is 0.398 e. The highest BCUT2D eigenvalue weighted by Crippen LogP contribution is 2.35. The molecule has 0 atom stereocenters. The number of anilines is 2. The molecule has 3 aromatic rings. The van der Waals surface area contributed by atoms with Gasteiger partial charge in [-0.1, -0.05) is 29.3 Å². The van der Waals surface area contributed by atoms with Gasteiger partial charge in [0.05, 0.1) is 10.6 Å². The van der Waals surface area contributed by atoms with Crippen molar-refractivity contribution in [2.75, 3.05) is 43.4 Å². The van der Waals surface area contributed by atoms with Crippen molar-refractivity contribution in [3.63, 3.8) is 0 Å². The number of rotatable bonds is 8. The molecule has 0 spiro atoms. The Bertz CT molecular complexity index is 1860. The van der Waals surface area contributed by atoms with Crippen molar-refractivity contribution < 1.29 is 34.8 Å². The van der Waals surface area contributed by atoms with Gasteiger partial charge < -0.3 is 10.6 Å². The highest BCUT2D eigenvalue weighted by molar-refractivity contribution is 7.92. The number of allylic oxidation sites excluding steroid dienone is 1. The zero-order valence-corrected chi connectivity index (χ0v) is 26.9. The lowest BCUT2D eigenvalue weighted by Gasteiger charge is -2.37. The van der Waals surface area contributed by atoms with E-state index in [0.29, 0.717) is 0 Å². The molecule has 0 bridgehead atoms. The number of sulfonamides is 1. The molecule has 0 radical (unpaired) electrons. The second-order valence-corrected chi connectivity index (χ2v) is 15.2. The molecule has 9 nitrogen and oxygen atoms in total. The number of carbonyl (C=O) groups is 1. The number of nitrogens with zero attached hydrogens (tertiary/aromatic N) is 2. The summed E-state index contributed by atoms with van der Waals surface area (Å²) in [7, 11) is -10.7. The van der Waals surface area contributed by atoms with Gasteiger partial charge in [-0.25, -0.2) is 21.6 Å². The number of sulfone groups is 1. The SMILES string of the molecule is Nc1ccc(S(=O)(=O)NC(=O)c2ccc(N3CCN(CC4=C(c5ccc(Cl)cc5)CCCC4)CC3)cc2)cc1S(=O)(=O)C(F)(F)F. The topological polar surface area (TPSA) is 130 Å². The van der Waals surface area contributed by atoms with Crippen LogP contribution >= 0.6 is 11.6 Å². The fraction of sp³-hybridized carbons (Fsp3) is 0.323. The molecular weight excluding hydrogens is 665 g/mol. The van der Waals surface area contributed by atoms with Gasteiger partial charge in [0.1, 0.15) is 4.90 Å². The molecule has 3 aromatic carbocycles. The Kier molecular flexibility index (Phi) is 9.73. The Balaban J connectivity index is 1.21. The maximum absolute atomic E-state index is 13.0. The summed E-state index contributed by atoms with van der Waals surface area (Å²) < 4.78 is 90.2. The van der Waals surface area contributed by atoms with E-state index in [4.69, 9.17) is 17.3 Å². The molecule has 0 aromatic heterocycles. The quantitative estimate of drug-likeness (QED) is 0.296. The van der Waals surface area contributed by atoms with Gasteiger partial charge in [0.25, 0.3) is 25.8 Å². The van der Waals surface area contributed by atoms with Crippen LogP contribution in [-0.4, -0.2) is 65.9 Å². The second-order valence-electron chi connectivity index (χ2n) is 11.2. The van der Waals surface area contributed by atoms with Gasteiger partial charge in [0, 0.05) is 49.0 Å². The number of amides is 1. The third kappa shape index (κ3) is 7.35. The van der Waals surface area contributed by atoms with Gasteiger partial charge >= 0.3 is 5.51 Å². The number of carbonyl (C=O) groups excluding carboxylic acids is 1. The van der Waals surface area contributed by atoms with Crippen molar-refractivity contribution in [2.45, 2.75) is 41.0 Å². The fourth-order valence-electron chi connectivity index (χ4n) is 5.68. The number of hydrogen-bond acceptors (Lipinski definition) is 8. The van der Waals surface area contributed by atoms with Gasteiger partial charge in [-0.2, -0.15) is 13.2 Å². The summed E-state index contributed by atoms with van der Waals surface area (Å²) >= 11 is 6.09. The number of piperazine rings is 1. The first-order valence-corrected chi connectivity index (χ1v) is 17.8. The largest absolute Gasteiger partial charge is 0.501 e. The third-order valence-electron chi connectivity index (χ3n) is 8.17. The number of hydrogen-bond donors (Lipinski definition) is 2. The second kappa shape index (κ2) is 13.3. The zero-order valence-electron chi connectivity index (χ0n) is 24.6. The minimum atomic E-state index is -5.93. The van der Waals surface area contributed by atoms with Gasteiger partial charge in [-0.3, -0.25) is 9.69 Å². The predicted molar refractivity (Wildman–Crippen MR) is 171 cm³/mol. The molecule has 1 aliphatic carbocycles. The predicted octanol–water partition coefficient (Wildman–Crippen LogP) is 5.48. The van der Waals surface area contributed by atoms with Gasteiger partial charge in [0.15, 0.2) is 0 Å². The molecule has 1 fully saturated rings. The van der Waals surface area contributed by atoms with Gasteiger partial charge in [-0.15, -0.1) is 0 Å². The van der Waals surface area contributed by atoms with E-state index >= 15 is 0 Å². The van der Waals surface area contributed by atoms with Crippen molar-refractivity contribution in [3.8, 4) is 0 Å². The van der Waals surface area contributed by atoms with Crippen molar-refractivity contribution in [3.05, 3.63) is 88.5 Å². The van der Waals surface area contributed by atoms with Gasteiger partial charge in [0.2, 0.25) is 0 Å². The van der Waals surface area contributed by atoms with Crippen LogP contribution in [0.4, 0.5) is 24.5 Å². The molecule has 1 saturated heterocycles. The Morgan fingerprint density at radius 3 is 2.13 bits per heavy atom. The number of benzene rings is 3. The van der Waals surface area contributed by atoms with Crippen LogP contribution in [0, 0.1) is 0 Å². The molecular formula is C31H32ClF3N4O5S2. The summed E-state index contributed by atoms with van der Waals surface area (Å²) in [5, 5.41) is 0.718. The van der Waals surface area contributed by atoms with Crippen molar-refractivity contribution in [1.29, 1.82) is 0 Å². The average Bonchev–Trinajstić information content (AvgIpc) is 3.01. The monoisotopic (exact) mass is 696 g/mol. The van der Waals surface area contributed by atoms with E-state index in [1.165, 1.54) is 41.7 Å². The fourth-order valence-corrected chi connectivity index (χ4v) is 7.79. The first-order valence-electron chi connectivity index (χ1n) is 14.5. The molecule has 1 amide bonds. The molecule has 1 aliphatic heterocycles. The Morgan fingerprint density at radius 2 is 1.50 bits per heavy atom. The number of halogens is 4. The van der Waals surface area contributed by atoms with Crippen LogP contribution in [0.2, 0.25) is 5.02 Å². The molecule has 0 unspecified atom stereocenters. The van der Waals surface area contributed by atoms with E-state index in [0.717, 1.165) is 68.4 Å². The van der Waals surface area contributed by atoms with Crippen LogP contribution < -0.4 is 15.4 Å². The molecule has 3 N–H and O–H groups in total. The average molecular weight is 697 g/mol. The van der Waals surface area contributed by atoms with Crippen LogP contribution in [0.15, 0.2) is 82.1 Å². The van der Waals surface area contributed by atoms with Gasteiger partial charge in [-0.05, 0) is 91.4 Å². The maximum atomic E-state index is 13.0. The Morgan fingerprint density at radius 1 is 0.870 bits per heavy atom. The molecule has 0 saturated carbocycles. The standard InChI is InChI=1S/C31H32ClF3N4O5S2/c32-24-9-5-21(6-10-24)27-4-2-1-3-23(27)20-38-15-17-39(18-16-38)25-11-7-22(8-12-25)30(40)37-46(43,44)26-13-14-28(36)29(19-26)45(41,42)31(33,34)35/h5-14,19H,1-4,15-18,20,36H2,(H,37,40). The Hall–Kier alpha value is -3.59. The zero-order chi connectivity index (χ0) is 33.3. The molecule has 246 valence electrons. The number of alkyl halides is 3. The number of nitrogens with two attached hydrogens (primary N) is 1. The maximum Gasteiger partial charge on any atom is 0.501 e. The van der Waals surface area contributed by atoms with Crippen LogP contribution in [-0.2, 0) is 19.9 Å². The van der Waals surface area contributed by atoms with E-state index in [1.54, 1.807) is 16.9 Å². The minimum absolute atomic E-state index is 0.0106. The minimum Gasteiger partial charge on any atom is -0.398 e. The normalized spacial score (nSPS) is 16.8. The van der Waals surface area contributed by atoms with E-state index in [2.05, 4.69) is 21.9 Å². The summed E-state index contributed by atoms with van der Waals surface area (Å²) in [5.74, 6) is -1.04. The van der Waals surface area contributed by atoms with Crippen molar-refractivity contribution in [1.82, 2.24) is 9.62 Å². The lowest BCUT2D eigenvalue weighted by molar-refractivity contribution is -0.0435. The van der Waals surface area contributed by atoms with Crippen LogP contribution in [0.5, 0.6) is 0 Å². The lowest BCUT2D eigenvalue weighted by atomic mass is 9.87. The summed E-state index contributed by atoms with van der Waals surface area (Å²) in [6, 6.07) is 16.1. The summed E-state index contributed by atoms with van der Waals surface area (Å²) in [4.78, 5) is 15.1. The summed E-state index contributed by atoms with van der Waals surface area (Å²) in [6.07, 6.45) is 4.47. The highest BCUT2D eigenvalue weighted by Gasteiger charge is 2.48. The molecule has 46 heavy (non-hydrogen) atoms. The summed E-state index contributed by atoms with van der Waals surface area (Å²) in [5.41, 5.74) is 3.84. The van der Waals surface area contributed by atoms with E-state index in [1.807, 2.05) is 12.1 Å². The van der Waals surface area contributed by atoms with Crippen LogP contribution in [0.3, 0.4) is 0 Å². The molecule has 5 rings (SSSR count). The highest BCUT2D eigenvalue weighted by atomic mass is 35.5. The molecule has 15 heteroatoms. The summed E-state index contributed by atoms with van der Waals surface area (Å²) in [6.45, 7) is 4.08. The van der Waals surface area contributed by atoms with Crippen LogP contribution in [0.1, 0.15) is 41.6 Å². The first-order chi connectivity index (χ1) is 21.7.